The van der Waals surface area contributed by atoms with E-state index in [0.717, 1.165) is 49.2 Å². The van der Waals surface area contributed by atoms with Gasteiger partial charge in [-0.25, -0.2) is 13.4 Å². The third-order valence-electron chi connectivity index (χ3n) is 7.14. The van der Waals surface area contributed by atoms with Crippen LogP contribution in [0.4, 0.5) is 11.4 Å². The first-order valence-electron chi connectivity index (χ1n) is 14.5. The van der Waals surface area contributed by atoms with Crippen LogP contribution in [0.3, 0.4) is 0 Å². The average Bonchev–Trinajstić information content (AvgIpc) is 3.56. The van der Waals surface area contributed by atoms with E-state index in [4.69, 9.17) is 4.74 Å². The molecule has 4 aromatic rings. The number of unbranched alkanes of at least 4 members (excludes halogenated alkanes) is 1. The summed E-state index contributed by atoms with van der Waals surface area (Å²) in [6, 6.07) is 12.0. The van der Waals surface area contributed by atoms with Gasteiger partial charge < -0.3 is 4.74 Å². The summed E-state index contributed by atoms with van der Waals surface area (Å²) in [5, 5.41) is 19.5. The van der Waals surface area contributed by atoms with Crippen molar-refractivity contribution in [1.29, 1.82) is 0 Å². The van der Waals surface area contributed by atoms with Crippen LogP contribution in [-0.2, 0) is 25.0 Å². The molecule has 0 aliphatic rings. The van der Waals surface area contributed by atoms with Gasteiger partial charge in [-0.1, -0.05) is 53.9 Å². The van der Waals surface area contributed by atoms with Gasteiger partial charge in [0.1, 0.15) is 0 Å². The number of hydrogen-bond acceptors (Lipinski definition) is 9. The summed E-state index contributed by atoms with van der Waals surface area (Å²) in [6.45, 7) is 10.7. The lowest BCUT2D eigenvalue weighted by molar-refractivity contribution is -0.388. The molecule has 2 aromatic carbocycles. The van der Waals surface area contributed by atoms with Crippen molar-refractivity contribution in [3.63, 3.8) is 0 Å². The number of benzene rings is 2. The van der Waals surface area contributed by atoms with Gasteiger partial charge in [0.2, 0.25) is 0 Å². The van der Waals surface area contributed by atoms with E-state index in [9.17, 15) is 23.3 Å². The van der Waals surface area contributed by atoms with Gasteiger partial charge >= 0.3 is 5.97 Å². The van der Waals surface area contributed by atoms with Gasteiger partial charge in [-0.2, -0.15) is 4.63 Å². The number of esters is 1. The normalized spacial score (nSPS) is 12.8. The number of carbonyl (C=O) groups excluding carboxylic acids is 1. The number of nitro groups is 1. The Morgan fingerprint density at radius 1 is 1.16 bits per heavy atom. The molecule has 236 valence electrons. The minimum Gasteiger partial charge on any atom is -0.465 e. The molecule has 12 nitrogen and oxygen atoms in total. The number of nitrogens with zero attached hydrogens (tertiary/aromatic N) is 4. The van der Waals surface area contributed by atoms with Crippen LogP contribution in [0, 0.1) is 16.0 Å². The number of aromatic nitrogens is 4. The highest BCUT2D eigenvalue weighted by Gasteiger charge is 2.23. The van der Waals surface area contributed by atoms with E-state index in [1.54, 1.807) is 28.9 Å². The fourth-order valence-corrected chi connectivity index (χ4v) is 6.28. The lowest BCUT2D eigenvalue weighted by atomic mass is 9.93. The highest BCUT2D eigenvalue weighted by atomic mass is 32.2. The molecule has 2 aromatic heterocycles. The van der Waals surface area contributed by atoms with Crippen LogP contribution >= 0.6 is 11.8 Å². The van der Waals surface area contributed by atoms with E-state index in [2.05, 4.69) is 47.6 Å². The van der Waals surface area contributed by atoms with Gasteiger partial charge in [0.15, 0.2) is 11.5 Å². The molecule has 44 heavy (non-hydrogen) atoms. The Balaban J connectivity index is 1.41. The number of carbonyl (C=O) groups is 1. The molecule has 0 bridgehead atoms. The number of sulfonamides is 1. The Labute approximate surface area is 261 Å². The van der Waals surface area contributed by atoms with E-state index in [1.165, 1.54) is 12.1 Å². The number of thioether (sulfide) groups is 1. The summed E-state index contributed by atoms with van der Waals surface area (Å²) in [5.41, 5.74) is 2.12. The second kappa shape index (κ2) is 13.8. The van der Waals surface area contributed by atoms with Crippen molar-refractivity contribution in [2.75, 3.05) is 17.1 Å². The average molecular weight is 643 g/mol. The topological polar surface area (TPSA) is 162 Å². The predicted molar refractivity (Wildman–Crippen MR) is 170 cm³/mol. The molecule has 0 radical (unpaired) electrons. The van der Waals surface area contributed by atoms with Crippen molar-refractivity contribution in [3.05, 3.63) is 64.3 Å². The van der Waals surface area contributed by atoms with Gasteiger partial charge in [-0.05, 0) is 48.7 Å². The summed E-state index contributed by atoms with van der Waals surface area (Å²) < 4.78 is 35.7. The first-order valence-corrected chi connectivity index (χ1v) is 16.9. The molecule has 0 amide bonds. The monoisotopic (exact) mass is 642 g/mol. The van der Waals surface area contributed by atoms with Gasteiger partial charge in [-0.3, -0.25) is 24.7 Å². The van der Waals surface area contributed by atoms with Crippen molar-refractivity contribution in [1.82, 2.24) is 19.8 Å². The van der Waals surface area contributed by atoms with E-state index in [1.807, 2.05) is 13.0 Å². The molecule has 0 fully saturated rings. The quantitative estimate of drug-likeness (QED) is 0.0669. The van der Waals surface area contributed by atoms with Crippen LogP contribution in [0.5, 0.6) is 0 Å². The number of H-pyrrole nitrogens is 1. The predicted octanol–water partition coefficient (Wildman–Crippen LogP) is 6.58. The Kier molecular flexibility index (Phi) is 10.4. The van der Waals surface area contributed by atoms with Crippen molar-refractivity contribution in [2.45, 2.75) is 75.5 Å². The van der Waals surface area contributed by atoms with Crippen LogP contribution in [0.2, 0.25) is 0 Å². The lowest BCUT2D eigenvalue weighted by Crippen LogP contribution is -2.15. The molecule has 0 saturated heterocycles. The smallest absolute Gasteiger partial charge is 0.316 e. The standard InChI is InChI=1S/C30H38N6O6S2/c1-6-8-9-20(7-2)18-42-28(37)19-43-25-15-14-23(16-24(25)36(38)39)44(40,41)34-22-12-10-21(11-13-22)29-31-27-17-26(30(3,4)5)32-35(27)33-29/h10-17,20,32,34H,6-9,18-19H2,1-5H3. The largest absolute Gasteiger partial charge is 0.465 e. The molecule has 2 N–H and O–H groups in total. The number of anilines is 1. The zero-order valence-electron chi connectivity index (χ0n) is 25.5. The molecular weight excluding hydrogens is 605 g/mol. The van der Waals surface area contributed by atoms with Crippen LogP contribution in [0.1, 0.15) is 66.0 Å². The highest BCUT2D eigenvalue weighted by Crippen LogP contribution is 2.32. The number of ether oxygens (including phenoxy) is 1. The Morgan fingerprint density at radius 2 is 1.89 bits per heavy atom. The van der Waals surface area contributed by atoms with E-state index in [0.29, 0.717) is 23.6 Å². The Hall–Kier alpha value is -3.91. The second-order valence-electron chi connectivity index (χ2n) is 11.6. The summed E-state index contributed by atoms with van der Waals surface area (Å²) in [7, 11) is -4.15. The SMILES string of the molecule is CCCCC(CC)COC(=O)CSc1ccc(S(=O)(=O)Nc2ccc(-c3nc4cc(C(C)(C)C)[nH]n4n3)cc2)cc1[N+](=O)[O-]. The van der Waals surface area contributed by atoms with Gasteiger partial charge in [0.05, 0.1) is 27.1 Å². The fraction of sp³-hybridized carbons (Fsp3) is 0.433. The molecular formula is C30H38N6O6S2. The summed E-state index contributed by atoms with van der Waals surface area (Å²) in [4.78, 5) is 27.9. The van der Waals surface area contributed by atoms with E-state index >= 15 is 0 Å². The minimum absolute atomic E-state index is 0.0826. The van der Waals surface area contributed by atoms with Gasteiger partial charge in [0.25, 0.3) is 15.7 Å². The molecule has 0 spiro atoms. The zero-order chi connectivity index (χ0) is 32.1. The van der Waals surface area contributed by atoms with Gasteiger partial charge in [0, 0.05) is 34.5 Å². The number of aromatic amines is 1. The molecule has 1 unspecified atom stereocenters. The van der Waals surface area contributed by atoms with Crippen LogP contribution in [-0.4, -0.2) is 51.5 Å². The van der Waals surface area contributed by atoms with E-state index < -0.39 is 26.6 Å². The summed E-state index contributed by atoms with van der Waals surface area (Å²) in [5.74, 6) is 0.158. The third-order valence-corrected chi connectivity index (χ3v) is 9.56. The highest BCUT2D eigenvalue weighted by molar-refractivity contribution is 8.00. The van der Waals surface area contributed by atoms with Crippen LogP contribution in [0.15, 0.2) is 58.3 Å². The maximum absolute atomic E-state index is 13.1. The first kappa shape index (κ1) is 33.0. The molecule has 2 heterocycles. The second-order valence-corrected chi connectivity index (χ2v) is 14.3. The zero-order valence-corrected chi connectivity index (χ0v) is 27.1. The van der Waals surface area contributed by atoms with Crippen molar-refractivity contribution in [3.8, 4) is 11.4 Å². The lowest BCUT2D eigenvalue weighted by Gasteiger charge is -2.14. The Bertz CT molecular complexity index is 1690. The maximum Gasteiger partial charge on any atom is 0.316 e. The van der Waals surface area contributed by atoms with Crippen LogP contribution < -0.4 is 4.72 Å². The molecule has 0 aliphatic carbocycles. The molecule has 1 atom stereocenters. The Morgan fingerprint density at radius 3 is 2.50 bits per heavy atom. The number of hydrogen-bond donors (Lipinski definition) is 2. The van der Waals surface area contributed by atoms with Crippen molar-refractivity contribution < 1.29 is 22.9 Å². The van der Waals surface area contributed by atoms with Crippen molar-refractivity contribution >= 4 is 44.8 Å². The summed E-state index contributed by atoms with van der Waals surface area (Å²) in [6.07, 6.45) is 4.01. The maximum atomic E-state index is 13.1. The molecule has 0 aliphatic heterocycles. The van der Waals surface area contributed by atoms with Gasteiger partial charge in [-0.15, -0.1) is 16.9 Å². The molecule has 0 saturated carbocycles. The van der Waals surface area contributed by atoms with Crippen LogP contribution in [0.25, 0.3) is 17.0 Å². The number of fused-ring (bicyclic) bond motifs is 1. The number of nitro benzene ring substituents is 1. The molecule has 14 heteroatoms. The fourth-order valence-electron chi connectivity index (χ4n) is 4.40. The number of rotatable bonds is 14. The summed E-state index contributed by atoms with van der Waals surface area (Å²) >= 11 is 0.940. The van der Waals surface area contributed by atoms with Crippen molar-refractivity contribution in [2.24, 2.45) is 5.92 Å². The minimum atomic E-state index is -4.15. The number of nitrogens with one attached hydrogen (secondary N) is 2. The molecule has 4 rings (SSSR count). The third kappa shape index (κ3) is 8.17. The first-order chi connectivity index (χ1) is 20.8. The van der Waals surface area contributed by atoms with E-state index in [-0.39, 0.29) is 32.6 Å².